The van der Waals surface area contributed by atoms with E-state index in [2.05, 4.69) is 59.6 Å². The van der Waals surface area contributed by atoms with E-state index in [1.807, 2.05) is 42.5 Å². The Bertz CT molecular complexity index is 1030. The third-order valence-electron chi connectivity index (χ3n) is 4.15. The number of nitrogens with zero attached hydrogens (tertiary/aromatic N) is 1. The standard InChI is InChI=1S/C23H16ClN/c24-22-16-20(25-23-9-5-4-8-21(22)23)15-12-17-10-13-19(14-11-17)18-6-2-1-3-7-18/h1-16H/b15-12+. The summed E-state index contributed by atoms with van der Waals surface area (Å²) in [5.74, 6) is 0. The van der Waals surface area contributed by atoms with E-state index in [1.165, 1.54) is 11.1 Å². The van der Waals surface area contributed by atoms with Crippen LogP contribution in [0.4, 0.5) is 0 Å². The zero-order chi connectivity index (χ0) is 17.1. The molecule has 4 aromatic rings. The van der Waals surface area contributed by atoms with Gasteiger partial charge in [0.1, 0.15) is 0 Å². The fourth-order valence-corrected chi connectivity index (χ4v) is 3.11. The lowest BCUT2D eigenvalue weighted by Crippen LogP contribution is -1.84. The van der Waals surface area contributed by atoms with Crippen molar-refractivity contribution in [3.05, 3.63) is 101 Å². The molecule has 0 atom stereocenters. The van der Waals surface area contributed by atoms with Crippen LogP contribution in [0.1, 0.15) is 11.3 Å². The maximum Gasteiger partial charge on any atom is 0.0724 e. The highest BCUT2D eigenvalue weighted by atomic mass is 35.5. The molecular weight excluding hydrogens is 326 g/mol. The first-order valence-electron chi connectivity index (χ1n) is 8.18. The van der Waals surface area contributed by atoms with Crippen LogP contribution in [-0.2, 0) is 0 Å². The van der Waals surface area contributed by atoms with Gasteiger partial charge in [0.25, 0.3) is 0 Å². The molecule has 0 saturated heterocycles. The summed E-state index contributed by atoms with van der Waals surface area (Å²) in [7, 11) is 0. The van der Waals surface area contributed by atoms with E-state index in [-0.39, 0.29) is 0 Å². The molecule has 0 amide bonds. The van der Waals surface area contributed by atoms with Crippen molar-refractivity contribution in [2.24, 2.45) is 0 Å². The van der Waals surface area contributed by atoms with Crippen LogP contribution in [0.2, 0.25) is 5.02 Å². The van der Waals surface area contributed by atoms with Gasteiger partial charge in [0, 0.05) is 5.39 Å². The molecule has 120 valence electrons. The number of para-hydroxylation sites is 1. The van der Waals surface area contributed by atoms with E-state index in [1.54, 1.807) is 0 Å². The summed E-state index contributed by atoms with van der Waals surface area (Å²) in [5, 5.41) is 1.71. The maximum atomic E-state index is 6.36. The lowest BCUT2D eigenvalue weighted by Gasteiger charge is -2.03. The van der Waals surface area contributed by atoms with Crippen molar-refractivity contribution in [1.82, 2.24) is 4.98 Å². The third kappa shape index (κ3) is 3.47. The van der Waals surface area contributed by atoms with E-state index < -0.39 is 0 Å². The fourth-order valence-electron chi connectivity index (χ4n) is 2.84. The van der Waals surface area contributed by atoms with E-state index in [0.29, 0.717) is 0 Å². The molecule has 0 aliphatic heterocycles. The highest BCUT2D eigenvalue weighted by molar-refractivity contribution is 6.35. The molecule has 0 aliphatic carbocycles. The molecule has 0 saturated carbocycles. The Labute approximate surface area is 152 Å². The molecule has 0 bridgehead atoms. The first kappa shape index (κ1) is 15.6. The number of hydrogen-bond acceptors (Lipinski definition) is 1. The van der Waals surface area contributed by atoms with Crippen LogP contribution in [0.15, 0.2) is 84.9 Å². The van der Waals surface area contributed by atoms with E-state index in [4.69, 9.17) is 11.6 Å². The average molecular weight is 342 g/mol. The summed E-state index contributed by atoms with van der Waals surface area (Å²) in [5.41, 5.74) is 5.33. The number of aromatic nitrogens is 1. The minimum atomic E-state index is 0.727. The average Bonchev–Trinajstić information content (AvgIpc) is 2.68. The zero-order valence-electron chi connectivity index (χ0n) is 13.6. The first-order valence-corrected chi connectivity index (χ1v) is 8.56. The van der Waals surface area contributed by atoms with Gasteiger partial charge in [0.15, 0.2) is 0 Å². The minimum absolute atomic E-state index is 0.727. The molecule has 3 aromatic carbocycles. The Morgan fingerprint density at radius 1 is 0.680 bits per heavy atom. The van der Waals surface area contributed by atoms with E-state index >= 15 is 0 Å². The van der Waals surface area contributed by atoms with Crippen molar-refractivity contribution < 1.29 is 0 Å². The minimum Gasteiger partial charge on any atom is -0.248 e. The lowest BCUT2D eigenvalue weighted by atomic mass is 10.0. The molecular formula is C23H16ClN. The maximum absolute atomic E-state index is 6.36. The Balaban J connectivity index is 1.60. The summed E-state index contributed by atoms with van der Waals surface area (Å²) in [6.07, 6.45) is 4.05. The molecule has 1 nitrogen and oxygen atoms in total. The second-order valence-corrected chi connectivity index (χ2v) is 6.27. The quantitative estimate of drug-likeness (QED) is 0.402. The summed E-state index contributed by atoms with van der Waals surface area (Å²) in [6, 6.07) is 28.7. The highest BCUT2D eigenvalue weighted by Crippen LogP contribution is 2.24. The monoisotopic (exact) mass is 341 g/mol. The number of fused-ring (bicyclic) bond motifs is 1. The summed E-state index contributed by atoms with van der Waals surface area (Å²) in [6.45, 7) is 0. The van der Waals surface area contributed by atoms with Crippen molar-refractivity contribution in [3.63, 3.8) is 0 Å². The number of rotatable bonds is 3. The van der Waals surface area contributed by atoms with Crippen LogP contribution >= 0.6 is 11.6 Å². The predicted octanol–water partition coefficient (Wildman–Crippen LogP) is 6.73. The van der Waals surface area contributed by atoms with Gasteiger partial charge in [0.2, 0.25) is 0 Å². The van der Waals surface area contributed by atoms with Gasteiger partial charge in [-0.1, -0.05) is 90.5 Å². The van der Waals surface area contributed by atoms with Crippen LogP contribution in [0.3, 0.4) is 0 Å². The topological polar surface area (TPSA) is 12.9 Å². The predicted molar refractivity (Wildman–Crippen MR) is 108 cm³/mol. The Morgan fingerprint density at radius 2 is 1.36 bits per heavy atom. The molecule has 1 heterocycles. The van der Waals surface area contributed by atoms with E-state index in [0.717, 1.165) is 27.2 Å². The Morgan fingerprint density at radius 3 is 2.16 bits per heavy atom. The molecule has 0 aliphatic rings. The van der Waals surface area contributed by atoms with Gasteiger partial charge in [-0.25, -0.2) is 4.98 Å². The Hall–Kier alpha value is -2.90. The highest BCUT2D eigenvalue weighted by Gasteiger charge is 2.01. The van der Waals surface area contributed by atoms with Gasteiger partial charge >= 0.3 is 0 Å². The van der Waals surface area contributed by atoms with Gasteiger partial charge < -0.3 is 0 Å². The fraction of sp³-hybridized carbons (Fsp3) is 0. The number of benzene rings is 3. The Kier molecular flexibility index (Phi) is 4.32. The van der Waals surface area contributed by atoms with Crippen molar-refractivity contribution in [2.75, 3.05) is 0 Å². The lowest BCUT2D eigenvalue weighted by molar-refractivity contribution is 1.37. The number of pyridine rings is 1. The number of halogens is 1. The zero-order valence-corrected chi connectivity index (χ0v) is 14.3. The molecule has 4 rings (SSSR count). The second kappa shape index (κ2) is 6.92. The van der Waals surface area contributed by atoms with Crippen LogP contribution in [0.5, 0.6) is 0 Å². The summed E-state index contributed by atoms with van der Waals surface area (Å²) >= 11 is 6.36. The molecule has 25 heavy (non-hydrogen) atoms. The first-order chi connectivity index (χ1) is 12.3. The molecule has 2 heteroatoms. The largest absolute Gasteiger partial charge is 0.248 e. The van der Waals surface area contributed by atoms with E-state index in [9.17, 15) is 0 Å². The van der Waals surface area contributed by atoms with Gasteiger partial charge in [-0.15, -0.1) is 0 Å². The van der Waals surface area contributed by atoms with Gasteiger partial charge in [-0.2, -0.15) is 0 Å². The molecule has 0 spiro atoms. The normalized spacial score (nSPS) is 11.2. The molecule has 0 unspecified atom stereocenters. The summed E-state index contributed by atoms with van der Waals surface area (Å²) in [4.78, 5) is 4.65. The van der Waals surface area contributed by atoms with Gasteiger partial charge in [-0.3, -0.25) is 0 Å². The molecule has 0 fully saturated rings. The van der Waals surface area contributed by atoms with Gasteiger partial charge in [0.05, 0.1) is 16.2 Å². The molecule has 0 N–H and O–H groups in total. The SMILES string of the molecule is Clc1cc(/C=C/c2ccc(-c3ccccc3)cc2)nc2ccccc12. The molecule has 0 radical (unpaired) electrons. The van der Waals surface area contributed by atoms with Crippen molar-refractivity contribution >= 4 is 34.7 Å². The van der Waals surface area contributed by atoms with Gasteiger partial charge in [-0.05, 0) is 34.9 Å². The third-order valence-corrected chi connectivity index (χ3v) is 4.46. The van der Waals surface area contributed by atoms with Crippen LogP contribution in [0, 0.1) is 0 Å². The van der Waals surface area contributed by atoms with Crippen LogP contribution in [-0.4, -0.2) is 4.98 Å². The smallest absolute Gasteiger partial charge is 0.0724 e. The number of hydrogen-bond donors (Lipinski definition) is 0. The van der Waals surface area contributed by atoms with Crippen LogP contribution < -0.4 is 0 Å². The van der Waals surface area contributed by atoms with Crippen molar-refractivity contribution in [2.45, 2.75) is 0 Å². The second-order valence-electron chi connectivity index (χ2n) is 5.87. The van der Waals surface area contributed by atoms with Crippen molar-refractivity contribution in [1.29, 1.82) is 0 Å². The summed E-state index contributed by atoms with van der Waals surface area (Å²) < 4.78 is 0. The van der Waals surface area contributed by atoms with Crippen LogP contribution in [0.25, 0.3) is 34.2 Å². The van der Waals surface area contributed by atoms with Crippen molar-refractivity contribution in [3.8, 4) is 11.1 Å². The molecule has 1 aromatic heterocycles.